The molecule has 6 nitrogen and oxygen atoms in total. The maximum Gasteiger partial charge on any atom is 0.328 e. The van der Waals surface area contributed by atoms with Crippen LogP contribution in [-0.2, 0) is 18.9 Å². The van der Waals surface area contributed by atoms with Crippen LogP contribution in [0.4, 0.5) is 5.69 Å². The van der Waals surface area contributed by atoms with Crippen molar-refractivity contribution < 1.29 is 4.79 Å². The maximum atomic E-state index is 12.9. The normalized spacial score (nSPS) is 17.2. The zero-order chi connectivity index (χ0) is 20.7. The van der Waals surface area contributed by atoms with Crippen molar-refractivity contribution in [3.63, 3.8) is 0 Å². The highest BCUT2D eigenvalue weighted by Crippen LogP contribution is 2.34. The molecule has 0 bridgehead atoms. The Morgan fingerprint density at radius 1 is 1.00 bits per heavy atom. The zero-order valence-electron chi connectivity index (χ0n) is 16.8. The largest absolute Gasteiger partial charge is 0.328 e. The molecule has 1 amide bonds. The molecule has 2 aromatic carbocycles. The van der Waals surface area contributed by atoms with E-state index in [1.54, 1.807) is 28.1 Å². The molecule has 0 N–H and O–H groups in total. The van der Waals surface area contributed by atoms with E-state index in [9.17, 15) is 9.59 Å². The van der Waals surface area contributed by atoms with E-state index in [1.807, 2.05) is 62.4 Å². The third-order valence-electron chi connectivity index (χ3n) is 5.06. The number of aromatic nitrogens is 2. The SMILES string of the molecule is CCN1C(=O)/C(=C\c2ccc3c(c2)n(C)c(=O)n3C)SC1=Nc1ccc(C)cc1. The second kappa shape index (κ2) is 7.40. The molecule has 0 atom stereocenters. The van der Waals surface area contributed by atoms with Crippen molar-refractivity contribution in [1.29, 1.82) is 0 Å². The second-order valence-corrected chi connectivity index (χ2v) is 8.05. The Hall–Kier alpha value is -3.06. The van der Waals surface area contributed by atoms with Crippen molar-refractivity contribution >= 4 is 45.6 Å². The van der Waals surface area contributed by atoms with Crippen LogP contribution in [0.1, 0.15) is 18.1 Å². The summed E-state index contributed by atoms with van der Waals surface area (Å²) in [6.07, 6.45) is 1.87. The first kappa shape index (κ1) is 19.3. The summed E-state index contributed by atoms with van der Waals surface area (Å²) < 4.78 is 3.23. The van der Waals surface area contributed by atoms with Crippen molar-refractivity contribution in [3.05, 3.63) is 69.0 Å². The lowest BCUT2D eigenvalue weighted by molar-refractivity contribution is -0.122. The third-order valence-corrected chi connectivity index (χ3v) is 6.06. The molecule has 1 aromatic heterocycles. The van der Waals surface area contributed by atoms with Crippen molar-refractivity contribution in [3.8, 4) is 0 Å². The molecule has 7 heteroatoms. The summed E-state index contributed by atoms with van der Waals surface area (Å²) in [5.74, 6) is -0.0505. The Kier molecular flexibility index (Phi) is 4.92. The van der Waals surface area contributed by atoms with Crippen molar-refractivity contribution in [2.45, 2.75) is 13.8 Å². The number of imidazole rings is 1. The highest BCUT2D eigenvalue weighted by atomic mass is 32.2. The summed E-state index contributed by atoms with van der Waals surface area (Å²) in [5, 5.41) is 0.681. The minimum atomic E-state index is -0.0687. The Balaban J connectivity index is 1.71. The number of aryl methyl sites for hydroxylation is 3. The number of fused-ring (bicyclic) bond motifs is 1. The standard InChI is InChI=1S/C22H22N4O2S/c1-5-26-20(27)19(29-21(26)23-16-9-6-14(2)7-10-16)13-15-8-11-17-18(12-15)25(4)22(28)24(17)3/h6-13H,5H2,1-4H3/b19-13+,23-21?. The Labute approximate surface area is 173 Å². The number of hydrogen-bond acceptors (Lipinski definition) is 4. The summed E-state index contributed by atoms with van der Waals surface area (Å²) >= 11 is 1.38. The summed E-state index contributed by atoms with van der Waals surface area (Å²) in [5.41, 5.74) is 4.50. The Morgan fingerprint density at radius 2 is 1.69 bits per heavy atom. The fraction of sp³-hybridized carbons (Fsp3) is 0.227. The predicted molar refractivity (Wildman–Crippen MR) is 119 cm³/mol. The maximum absolute atomic E-state index is 12.9. The van der Waals surface area contributed by atoms with Crippen LogP contribution >= 0.6 is 11.8 Å². The number of likely N-dealkylation sites (N-methyl/N-ethyl adjacent to an activating group) is 1. The molecule has 4 rings (SSSR count). The van der Waals surface area contributed by atoms with Gasteiger partial charge in [-0.15, -0.1) is 0 Å². The summed E-state index contributed by atoms with van der Waals surface area (Å²) in [6, 6.07) is 13.7. The number of nitrogens with zero attached hydrogens (tertiary/aromatic N) is 4. The van der Waals surface area contributed by atoms with Gasteiger partial charge in [-0.1, -0.05) is 23.8 Å². The van der Waals surface area contributed by atoms with Crippen molar-refractivity contribution in [2.24, 2.45) is 19.1 Å². The van der Waals surface area contributed by atoms with Crippen LogP contribution in [0.2, 0.25) is 0 Å². The average molecular weight is 407 g/mol. The van der Waals surface area contributed by atoms with Crippen molar-refractivity contribution in [2.75, 3.05) is 6.54 Å². The molecule has 0 unspecified atom stereocenters. The lowest BCUT2D eigenvalue weighted by atomic mass is 10.2. The molecule has 0 radical (unpaired) electrons. The quantitative estimate of drug-likeness (QED) is 0.622. The first-order valence-electron chi connectivity index (χ1n) is 9.41. The molecule has 1 saturated heterocycles. The van der Waals surface area contributed by atoms with Crippen LogP contribution < -0.4 is 5.69 Å². The number of rotatable bonds is 3. The molecule has 0 saturated carbocycles. The van der Waals surface area contributed by atoms with Gasteiger partial charge in [0.15, 0.2) is 5.17 Å². The summed E-state index contributed by atoms with van der Waals surface area (Å²) in [7, 11) is 3.51. The van der Waals surface area contributed by atoms with Crippen LogP contribution in [0, 0.1) is 6.92 Å². The smallest absolute Gasteiger partial charge is 0.295 e. The Bertz CT molecular complexity index is 1230. The number of amidine groups is 1. The van der Waals surface area contributed by atoms with Gasteiger partial charge in [0.1, 0.15) is 0 Å². The fourth-order valence-electron chi connectivity index (χ4n) is 3.36. The van der Waals surface area contributed by atoms with E-state index in [2.05, 4.69) is 4.99 Å². The average Bonchev–Trinajstić information content (AvgIpc) is 3.12. The molecule has 148 valence electrons. The number of carbonyl (C=O) groups is 1. The van der Waals surface area contributed by atoms with E-state index in [1.165, 1.54) is 17.3 Å². The van der Waals surface area contributed by atoms with Gasteiger partial charge in [0.2, 0.25) is 0 Å². The van der Waals surface area contributed by atoms with Crippen LogP contribution in [0.25, 0.3) is 17.1 Å². The van der Waals surface area contributed by atoms with Gasteiger partial charge in [0.25, 0.3) is 5.91 Å². The summed E-state index contributed by atoms with van der Waals surface area (Å²) in [6.45, 7) is 4.53. The van der Waals surface area contributed by atoms with Crippen LogP contribution in [-0.4, -0.2) is 31.7 Å². The molecule has 1 aliphatic heterocycles. The lowest BCUT2D eigenvalue weighted by Crippen LogP contribution is -2.28. The van der Waals surface area contributed by atoms with E-state index in [0.29, 0.717) is 16.6 Å². The molecule has 3 aromatic rings. The van der Waals surface area contributed by atoms with E-state index in [-0.39, 0.29) is 11.6 Å². The number of hydrogen-bond donors (Lipinski definition) is 0. The molecule has 29 heavy (non-hydrogen) atoms. The lowest BCUT2D eigenvalue weighted by Gasteiger charge is -2.12. The van der Waals surface area contributed by atoms with Gasteiger partial charge in [-0.05, 0) is 61.5 Å². The van der Waals surface area contributed by atoms with Gasteiger partial charge in [0.05, 0.1) is 21.6 Å². The van der Waals surface area contributed by atoms with Gasteiger partial charge in [-0.3, -0.25) is 18.8 Å². The van der Waals surface area contributed by atoms with Crippen LogP contribution in [0.15, 0.2) is 57.2 Å². The van der Waals surface area contributed by atoms with Crippen molar-refractivity contribution in [1.82, 2.24) is 14.0 Å². The monoisotopic (exact) mass is 406 g/mol. The van der Waals surface area contributed by atoms with Crippen LogP contribution in [0.3, 0.4) is 0 Å². The second-order valence-electron chi connectivity index (χ2n) is 7.04. The highest BCUT2D eigenvalue weighted by molar-refractivity contribution is 8.18. The number of amides is 1. The van der Waals surface area contributed by atoms with Gasteiger partial charge in [-0.2, -0.15) is 0 Å². The number of carbonyl (C=O) groups excluding carboxylic acids is 1. The van der Waals surface area contributed by atoms with E-state index >= 15 is 0 Å². The molecular weight excluding hydrogens is 384 g/mol. The fourth-order valence-corrected chi connectivity index (χ4v) is 4.43. The Morgan fingerprint density at radius 3 is 2.38 bits per heavy atom. The minimum Gasteiger partial charge on any atom is -0.295 e. The predicted octanol–water partition coefficient (Wildman–Crippen LogP) is 3.81. The zero-order valence-corrected chi connectivity index (χ0v) is 17.7. The summed E-state index contributed by atoms with van der Waals surface area (Å²) in [4.78, 5) is 32.0. The molecule has 1 fully saturated rings. The molecule has 2 heterocycles. The van der Waals surface area contributed by atoms with Gasteiger partial charge < -0.3 is 0 Å². The highest BCUT2D eigenvalue weighted by Gasteiger charge is 2.32. The number of aliphatic imine (C=N–C) groups is 1. The van der Waals surface area contributed by atoms with E-state index in [4.69, 9.17) is 0 Å². The van der Waals surface area contributed by atoms with E-state index in [0.717, 1.165) is 22.3 Å². The number of thioether (sulfide) groups is 1. The first-order valence-corrected chi connectivity index (χ1v) is 10.2. The van der Waals surface area contributed by atoms with Gasteiger partial charge in [-0.25, -0.2) is 9.79 Å². The van der Waals surface area contributed by atoms with Gasteiger partial charge >= 0.3 is 5.69 Å². The van der Waals surface area contributed by atoms with Gasteiger partial charge in [0, 0.05) is 20.6 Å². The third kappa shape index (κ3) is 3.42. The van der Waals surface area contributed by atoms with Crippen LogP contribution in [0.5, 0.6) is 0 Å². The first-order chi connectivity index (χ1) is 13.9. The molecule has 0 aliphatic carbocycles. The molecule has 1 aliphatic rings. The minimum absolute atomic E-state index is 0.0505. The molecule has 0 spiro atoms. The van der Waals surface area contributed by atoms with E-state index < -0.39 is 0 Å². The number of benzene rings is 2. The topological polar surface area (TPSA) is 59.6 Å². The molecular formula is C22H22N4O2S.